The van der Waals surface area contributed by atoms with Gasteiger partial charge in [0, 0.05) is 5.25 Å². The summed E-state index contributed by atoms with van der Waals surface area (Å²) in [7, 11) is 0. The first kappa shape index (κ1) is 11.1. The molecule has 0 bridgehead atoms. The van der Waals surface area contributed by atoms with Gasteiger partial charge in [0.2, 0.25) is 0 Å². The fourth-order valence-corrected chi connectivity index (χ4v) is 1.98. The SMILES string of the molecule is O=S([O-])C1CCCCC1.[Na+]. The van der Waals surface area contributed by atoms with Crippen LogP contribution >= 0.6 is 0 Å². The van der Waals surface area contributed by atoms with Crippen LogP contribution in [0.25, 0.3) is 0 Å². The van der Waals surface area contributed by atoms with Crippen LogP contribution in [0.2, 0.25) is 0 Å². The summed E-state index contributed by atoms with van der Waals surface area (Å²) in [5.74, 6) is 0. The summed E-state index contributed by atoms with van der Waals surface area (Å²) < 4.78 is 20.7. The van der Waals surface area contributed by atoms with Gasteiger partial charge in [0.05, 0.1) is 0 Å². The van der Waals surface area contributed by atoms with Gasteiger partial charge in [-0.15, -0.1) is 0 Å². The van der Waals surface area contributed by atoms with Gasteiger partial charge in [-0.1, -0.05) is 30.3 Å². The molecule has 0 N–H and O–H groups in total. The van der Waals surface area contributed by atoms with Gasteiger partial charge < -0.3 is 4.55 Å². The third-order valence-corrected chi connectivity index (χ3v) is 2.84. The molecular formula is C6H11NaO2S. The van der Waals surface area contributed by atoms with Crippen LogP contribution in [0.3, 0.4) is 0 Å². The van der Waals surface area contributed by atoms with Crippen LogP contribution in [0.5, 0.6) is 0 Å². The van der Waals surface area contributed by atoms with Crippen molar-refractivity contribution in [3.8, 4) is 0 Å². The maximum Gasteiger partial charge on any atom is 1.00 e. The van der Waals surface area contributed by atoms with Crippen molar-refractivity contribution in [2.75, 3.05) is 0 Å². The van der Waals surface area contributed by atoms with Gasteiger partial charge >= 0.3 is 29.6 Å². The van der Waals surface area contributed by atoms with Crippen molar-refractivity contribution in [2.45, 2.75) is 37.4 Å². The first-order valence-electron chi connectivity index (χ1n) is 3.39. The molecule has 4 heteroatoms. The van der Waals surface area contributed by atoms with Crippen molar-refractivity contribution in [1.82, 2.24) is 0 Å². The molecule has 10 heavy (non-hydrogen) atoms. The maximum absolute atomic E-state index is 10.4. The molecule has 1 unspecified atom stereocenters. The van der Waals surface area contributed by atoms with Crippen molar-refractivity contribution >= 4 is 11.1 Å². The van der Waals surface area contributed by atoms with Crippen LogP contribution in [0, 0.1) is 0 Å². The van der Waals surface area contributed by atoms with E-state index in [1.54, 1.807) is 0 Å². The minimum atomic E-state index is -1.80. The smallest absolute Gasteiger partial charge is 0.772 e. The average Bonchev–Trinajstić information content (AvgIpc) is 1.90. The molecule has 2 nitrogen and oxygen atoms in total. The van der Waals surface area contributed by atoms with Crippen LogP contribution in [-0.4, -0.2) is 14.0 Å². The average molecular weight is 170 g/mol. The molecule has 0 amide bonds. The molecule has 0 aliphatic heterocycles. The van der Waals surface area contributed by atoms with E-state index in [0.717, 1.165) is 25.7 Å². The third-order valence-electron chi connectivity index (χ3n) is 1.82. The zero-order valence-corrected chi connectivity index (χ0v) is 9.15. The van der Waals surface area contributed by atoms with E-state index in [2.05, 4.69) is 0 Å². The second-order valence-electron chi connectivity index (χ2n) is 2.52. The summed E-state index contributed by atoms with van der Waals surface area (Å²) in [6, 6.07) is 0. The molecule has 1 fully saturated rings. The Hall–Kier alpha value is 1.11. The molecular weight excluding hydrogens is 159 g/mol. The number of hydrogen-bond acceptors (Lipinski definition) is 2. The van der Waals surface area contributed by atoms with E-state index in [9.17, 15) is 8.76 Å². The van der Waals surface area contributed by atoms with Crippen LogP contribution in [0.1, 0.15) is 32.1 Å². The fourth-order valence-electron chi connectivity index (χ4n) is 1.26. The predicted molar refractivity (Wildman–Crippen MR) is 35.8 cm³/mol. The van der Waals surface area contributed by atoms with Crippen molar-refractivity contribution in [3.63, 3.8) is 0 Å². The van der Waals surface area contributed by atoms with Crippen molar-refractivity contribution in [1.29, 1.82) is 0 Å². The third kappa shape index (κ3) is 3.49. The monoisotopic (exact) mass is 170 g/mol. The molecule has 0 aromatic rings. The molecule has 1 aliphatic carbocycles. The van der Waals surface area contributed by atoms with Gasteiger partial charge in [-0.05, 0) is 12.8 Å². The fraction of sp³-hybridized carbons (Fsp3) is 1.00. The largest absolute Gasteiger partial charge is 1.00 e. The van der Waals surface area contributed by atoms with E-state index >= 15 is 0 Å². The Bertz CT molecular complexity index is 112. The molecule has 0 aromatic heterocycles. The zero-order valence-electron chi connectivity index (χ0n) is 6.34. The molecule has 54 valence electrons. The molecule has 1 rings (SSSR count). The molecule has 0 aromatic carbocycles. The molecule has 0 spiro atoms. The van der Waals surface area contributed by atoms with Crippen molar-refractivity contribution in [3.05, 3.63) is 0 Å². The molecule has 1 saturated carbocycles. The summed E-state index contributed by atoms with van der Waals surface area (Å²) in [5, 5.41) is -0.0289. The molecule has 0 radical (unpaired) electrons. The summed E-state index contributed by atoms with van der Waals surface area (Å²) >= 11 is -1.80. The maximum atomic E-state index is 10.4. The minimum absolute atomic E-state index is 0. The zero-order chi connectivity index (χ0) is 6.69. The Morgan fingerprint density at radius 2 is 1.70 bits per heavy atom. The number of rotatable bonds is 1. The van der Waals surface area contributed by atoms with E-state index < -0.39 is 11.1 Å². The quantitative estimate of drug-likeness (QED) is 0.344. The van der Waals surface area contributed by atoms with E-state index in [4.69, 9.17) is 0 Å². The first-order chi connectivity index (χ1) is 4.30. The van der Waals surface area contributed by atoms with E-state index in [0.29, 0.717) is 0 Å². The minimum Gasteiger partial charge on any atom is -0.772 e. The topological polar surface area (TPSA) is 40.1 Å². The second-order valence-corrected chi connectivity index (χ2v) is 3.71. The second kappa shape index (κ2) is 5.72. The Morgan fingerprint density at radius 1 is 1.20 bits per heavy atom. The van der Waals surface area contributed by atoms with Gasteiger partial charge in [-0.3, -0.25) is 4.21 Å². The van der Waals surface area contributed by atoms with Gasteiger partial charge in [-0.2, -0.15) is 0 Å². The van der Waals surface area contributed by atoms with E-state index in [-0.39, 0.29) is 34.8 Å². The Labute approximate surface area is 86.3 Å². The summed E-state index contributed by atoms with van der Waals surface area (Å²) in [6.45, 7) is 0. The Morgan fingerprint density at radius 3 is 2.00 bits per heavy atom. The van der Waals surface area contributed by atoms with Gasteiger partial charge in [0.25, 0.3) is 0 Å². The van der Waals surface area contributed by atoms with Gasteiger partial charge in [0.1, 0.15) is 0 Å². The summed E-state index contributed by atoms with van der Waals surface area (Å²) in [6.07, 6.45) is 5.18. The van der Waals surface area contributed by atoms with E-state index in [1.807, 2.05) is 0 Å². The normalized spacial score (nSPS) is 23.3. The molecule has 1 atom stereocenters. The molecule has 1 aliphatic rings. The first-order valence-corrected chi connectivity index (χ1v) is 4.52. The van der Waals surface area contributed by atoms with Gasteiger partial charge in [0.15, 0.2) is 0 Å². The van der Waals surface area contributed by atoms with Gasteiger partial charge in [-0.25, -0.2) is 0 Å². The van der Waals surface area contributed by atoms with Crippen LogP contribution in [0.15, 0.2) is 0 Å². The van der Waals surface area contributed by atoms with Crippen molar-refractivity contribution < 1.29 is 38.3 Å². The Balaban J connectivity index is 0.000000810. The molecule has 0 heterocycles. The van der Waals surface area contributed by atoms with E-state index in [1.165, 1.54) is 6.42 Å². The molecule has 0 saturated heterocycles. The van der Waals surface area contributed by atoms with Crippen molar-refractivity contribution in [2.24, 2.45) is 0 Å². The predicted octanol–water partition coefficient (Wildman–Crippen LogP) is -1.80. The summed E-state index contributed by atoms with van der Waals surface area (Å²) in [5.41, 5.74) is 0. The number of hydrogen-bond donors (Lipinski definition) is 0. The standard InChI is InChI=1S/C6H12O2S.Na/c7-9(8)6-4-2-1-3-5-6;/h6H,1-5H2,(H,7,8);/q;+1/p-1. The summed E-state index contributed by atoms with van der Waals surface area (Å²) in [4.78, 5) is 0. The van der Waals surface area contributed by atoms with Crippen LogP contribution < -0.4 is 29.6 Å². The Kier molecular flexibility index (Phi) is 6.36. The van der Waals surface area contributed by atoms with Crippen LogP contribution in [-0.2, 0) is 11.1 Å². The van der Waals surface area contributed by atoms with Crippen LogP contribution in [0.4, 0.5) is 0 Å².